The van der Waals surface area contributed by atoms with Crippen LogP contribution in [-0.2, 0) is 6.18 Å². The van der Waals surface area contributed by atoms with Crippen molar-refractivity contribution in [3.05, 3.63) is 42.0 Å². The van der Waals surface area contributed by atoms with Gasteiger partial charge in [0.05, 0.1) is 12.7 Å². The molecule has 0 unspecified atom stereocenters. The van der Waals surface area contributed by atoms with Crippen molar-refractivity contribution < 1.29 is 17.9 Å². The summed E-state index contributed by atoms with van der Waals surface area (Å²) >= 11 is 0. The number of alkyl halides is 3. The molecule has 0 aliphatic rings. The van der Waals surface area contributed by atoms with Crippen LogP contribution in [0.5, 0.6) is 5.75 Å². The van der Waals surface area contributed by atoms with Crippen molar-refractivity contribution in [2.75, 3.05) is 7.11 Å². The maximum absolute atomic E-state index is 12.7. The highest BCUT2D eigenvalue weighted by atomic mass is 35.5. The highest BCUT2D eigenvalue weighted by Gasteiger charge is 2.34. The molecule has 0 aromatic heterocycles. The molecule has 2 nitrogen and oxygen atoms in total. The summed E-state index contributed by atoms with van der Waals surface area (Å²) in [6.45, 7) is 3.38. The molecular formula is C11H13ClF3NO. The van der Waals surface area contributed by atoms with E-state index < -0.39 is 17.8 Å². The average Bonchev–Trinajstić information content (AvgIpc) is 2.26. The first kappa shape index (κ1) is 15.8. The minimum Gasteiger partial charge on any atom is -0.497 e. The van der Waals surface area contributed by atoms with E-state index in [1.165, 1.54) is 25.3 Å². The zero-order chi connectivity index (χ0) is 12.3. The van der Waals surface area contributed by atoms with Crippen molar-refractivity contribution in [1.29, 1.82) is 0 Å². The molecule has 2 N–H and O–H groups in total. The highest BCUT2D eigenvalue weighted by Crippen LogP contribution is 2.36. The summed E-state index contributed by atoms with van der Waals surface area (Å²) in [5, 5.41) is 0. The van der Waals surface area contributed by atoms with E-state index in [0.29, 0.717) is 0 Å². The van der Waals surface area contributed by atoms with Gasteiger partial charge in [0.2, 0.25) is 0 Å². The molecular weight excluding hydrogens is 255 g/mol. The van der Waals surface area contributed by atoms with E-state index in [1.807, 2.05) is 0 Å². The van der Waals surface area contributed by atoms with Crippen LogP contribution in [0.2, 0.25) is 0 Å². The number of ether oxygens (including phenoxy) is 1. The van der Waals surface area contributed by atoms with Crippen LogP contribution in [0.1, 0.15) is 17.2 Å². The van der Waals surface area contributed by atoms with Gasteiger partial charge in [-0.05, 0) is 17.7 Å². The van der Waals surface area contributed by atoms with Gasteiger partial charge in [0, 0.05) is 6.04 Å². The Hall–Kier alpha value is -1.20. The lowest BCUT2D eigenvalue weighted by atomic mass is 10.00. The predicted octanol–water partition coefficient (Wildman–Crippen LogP) is 3.32. The molecule has 0 radical (unpaired) electrons. The van der Waals surface area contributed by atoms with Crippen LogP contribution >= 0.6 is 12.4 Å². The molecule has 0 aliphatic heterocycles. The first-order valence-corrected chi connectivity index (χ1v) is 4.53. The van der Waals surface area contributed by atoms with E-state index in [0.717, 1.165) is 6.07 Å². The van der Waals surface area contributed by atoms with Crippen molar-refractivity contribution in [2.24, 2.45) is 5.73 Å². The molecule has 0 fully saturated rings. The molecule has 1 rings (SSSR count). The maximum atomic E-state index is 12.7. The van der Waals surface area contributed by atoms with Crippen LogP contribution in [0.25, 0.3) is 0 Å². The van der Waals surface area contributed by atoms with Gasteiger partial charge < -0.3 is 10.5 Å². The number of hydrogen-bond donors (Lipinski definition) is 1. The number of rotatable bonds is 3. The lowest BCUT2D eigenvalue weighted by molar-refractivity contribution is -0.138. The van der Waals surface area contributed by atoms with Crippen LogP contribution in [-0.4, -0.2) is 7.11 Å². The molecule has 1 aromatic carbocycles. The van der Waals surface area contributed by atoms with Gasteiger partial charge in [-0.1, -0.05) is 12.1 Å². The van der Waals surface area contributed by atoms with Crippen molar-refractivity contribution in [1.82, 2.24) is 0 Å². The topological polar surface area (TPSA) is 35.2 Å². The van der Waals surface area contributed by atoms with Gasteiger partial charge >= 0.3 is 6.18 Å². The van der Waals surface area contributed by atoms with Gasteiger partial charge in [0.15, 0.2) is 0 Å². The fourth-order valence-corrected chi connectivity index (χ4v) is 1.33. The first-order valence-electron chi connectivity index (χ1n) is 4.53. The van der Waals surface area contributed by atoms with Gasteiger partial charge in [-0.15, -0.1) is 19.0 Å². The molecule has 0 saturated heterocycles. The van der Waals surface area contributed by atoms with E-state index >= 15 is 0 Å². The number of benzene rings is 1. The Bertz CT molecular complexity index is 393. The highest BCUT2D eigenvalue weighted by molar-refractivity contribution is 5.85. The van der Waals surface area contributed by atoms with Gasteiger partial charge in [-0.2, -0.15) is 13.2 Å². The third-order valence-electron chi connectivity index (χ3n) is 2.18. The Morgan fingerprint density at radius 3 is 2.41 bits per heavy atom. The third-order valence-corrected chi connectivity index (χ3v) is 2.18. The van der Waals surface area contributed by atoms with Crippen molar-refractivity contribution in [2.45, 2.75) is 12.2 Å². The van der Waals surface area contributed by atoms with Crippen molar-refractivity contribution >= 4 is 12.4 Å². The molecule has 0 bridgehead atoms. The summed E-state index contributed by atoms with van der Waals surface area (Å²) in [4.78, 5) is 0. The van der Waals surface area contributed by atoms with Crippen molar-refractivity contribution in [3.63, 3.8) is 0 Å². The quantitative estimate of drug-likeness (QED) is 0.853. The largest absolute Gasteiger partial charge is 0.497 e. The molecule has 0 saturated carbocycles. The summed E-state index contributed by atoms with van der Waals surface area (Å²) in [6, 6.07) is 2.82. The van der Waals surface area contributed by atoms with Gasteiger partial charge in [0.1, 0.15) is 5.75 Å². The fraction of sp³-hybridized carbons (Fsp3) is 0.273. The molecule has 96 valence electrons. The molecule has 0 amide bonds. The SMILES string of the molecule is C=C[C@H](N)c1ccc(OC)cc1C(F)(F)F.Cl. The van der Waals surface area contributed by atoms with Crippen LogP contribution in [0.15, 0.2) is 30.9 Å². The van der Waals surface area contributed by atoms with Gasteiger partial charge in [-0.3, -0.25) is 0 Å². The summed E-state index contributed by atoms with van der Waals surface area (Å²) in [7, 11) is 1.31. The van der Waals surface area contributed by atoms with Crippen molar-refractivity contribution in [3.8, 4) is 5.75 Å². The van der Waals surface area contributed by atoms with E-state index in [4.69, 9.17) is 10.5 Å². The lowest BCUT2D eigenvalue weighted by Crippen LogP contribution is -2.16. The molecule has 0 aliphatic carbocycles. The van der Waals surface area contributed by atoms with E-state index in [1.54, 1.807) is 0 Å². The Kier molecular flexibility index (Phi) is 5.51. The Morgan fingerprint density at radius 2 is 2.00 bits per heavy atom. The molecule has 17 heavy (non-hydrogen) atoms. The number of methoxy groups -OCH3 is 1. The summed E-state index contributed by atoms with van der Waals surface area (Å²) in [5.41, 5.74) is 4.72. The van der Waals surface area contributed by atoms with E-state index in [2.05, 4.69) is 6.58 Å². The second-order valence-corrected chi connectivity index (χ2v) is 3.21. The summed E-state index contributed by atoms with van der Waals surface area (Å²) in [6.07, 6.45) is -3.19. The molecule has 0 heterocycles. The van der Waals surface area contributed by atoms with Gasteiger partial charge in [-0.25, -0.2) is 0 Å². The predicted molar refractivity (Wildman–Crippen MR) is 62.4 cm³/mol. The minimum atomic E-state index is -4.45. The standard InChI is InChI=1S/C11H12F3NO.ClH/c1-3-10(15)8-5-4-7(16-2)6-9(8)11(12,13)14;/h3-6,10H,1,15H2,2H3;1H/t10-;/m0./s1. The monoisotopic (exact) mass is 267 g/mol. The first-order chi connectivity index (χ1) is 7.40. The Labute approximate surface area is 104 Å². The van der Waals surface area contributed by atoms with E-state index in [-0.39, 0.29) is 23.7 Å². The third kappa shape index (κ3) is 3.64. The lowest BCUT2D eigenvalue weighted by Gasteiger charge is -2.16. The number of halogens is 4. The van der Waals surface area contributed by atoms with Gasteiger partial charge in [0.25, 0.3) is 0 Å². The molecule has 0 spiro atoms. The molecule has 1 aromatic rings. The maximum Gasteiger partial charge on any atom is 0.416 e. The molecule has 6 heteroatoms. The van der Waals surface area contributed by atoms with E-state index in [9.17, 15) is 13.2 Å². The van der Waals surface area contributed by atoms with Crippen LogP contribution in [0.3, 0.4) is 0 Å². The van der Waals surface area contributed by atoms with Crippen LogP contribution < -0.4 is 10.5 Å². The number of hydrogen-bond acceptors (Lipinski definition) is 2. The zero-order valence-electron chi connectivity index (χ0n) is 9.12. The van der Waals surface area contributed by atoms with Crippen LogP contribution in [0.4, 0.5) is 13.2 Å². The second-order valence-electron chi connectivity index (χ2n) is 3.21. The summed E-state index contributed by atoms with van der Waals surface area (Å²) in [5.74, 6) is 0.146. The number of nitrogens with two attached hydrogens (primary N) is 1. The fourth-order valence-electron chi connectivity index (χ4n) is 1.33. The summed E-state index contributed by atoms with van der Waals surface area (Å²) < 4.78 is 42.9. The second kappa shape index (κ2) is 5.93. The Morgan fingerprint density at radius 1 is 1.41 bits per heavy atom. The normalized spacial score (nSPS) is 12.5. The zero-order valence-corrected chi connectivity index (χ0v) is 9.94. The smallest absolute Gasteiger partial charge is 0.416 e. The Balaban J connectivity index is 0.00000256. The van der Waals surface area contributed by atoms with Crippen LogP contribution in [0, 0.1) is 0 Å². The average molecular weight is 268 g/mol. The minimum absolute atomic E-state index is 0. The molecule has 1 atom stereocenters.